The largest absolute Gasteiger partial charge is 0.409 e. The molecule has 1 rings (SSSR count). The molecule has 0 fully saturated rings. The molecule has 0 aromatic carbocycles. The lowest BCUT2D eigenvalue weighted by atomic mass is 9.89. The highest BCUT2D eigenvalue weighted by molar-refractivity contribution is 8.00. The number of amidine groups is 1. The molecule has 1 heterocycles. The molecule has 1 aromatic rings. The maximum atomic E-state index is 8.59. The summed E-state index contributed by atoms with van der Waals surface area (Å²) in [6.45, 7) is 3.89. The van der Waals surface area contributed by atoms with Crippen LogP contribution in [0.4, 0.5) is 0 Å². The zero-order valence-corrected chi connectivity index (χ0v) is 10.3. The van der Waals surface area contributed by atoms with E-state index in [0.29, 0.717) is 0 Å². The van der Waals surface area contributed by atoms with Gasteiger partial charge in [-0.1, -0.05) is 42.1 Å². The third-order valence-corrected chi connectivity index (χ3v) is 3.96. The molecule has 0 spiro atoms. The molecule has 0 saturated heterocycles. The lowest BCUT2D eigenvalue weighted by Crippen LogP contribution is -2.32. The summed E-state index contributed by atoms with van der Waals surface area (Å²) in [6, 6.07) is 0. The van der Waals surface area contributed by atoms with E-state index in [4.69, 9.17) is 10.9 Å². The van der Waals surface area contributed by atoms with Gasteiger partial charge in [0.1, 0.15) is 11.3 Å². The summed E-state index contributed by atoms with van der Waals surface area (Å²) in [5, 5.41) is 19.3. The topological polar surface area (TPSA) is 84.4 Å². The molecule has 0 saturated carbocycles. The molecule has 7 heteroatoms. The molecule has 0 aliphatic rings. The Hall–Kier alpha value is -0.820. The van der Waals surface area contributed by atoms with Crippen molar-refractivity contribution in [1.29, 1.82) is 0 Å². The lowest BCUT2D eigenvalue weighted by molar-refractivity contribution is 0.307. The predicted molar refractivity (Wildman–Crippen MR) is 62.4 cm³/mol. The highest BCUT2D eigenvalue weighted by Gasteiger charge is 2.23. The first-order valence-corrected chi connectivity index (χ1v) is 6.30. The first-order valence-electron chi connectivity index (χ1n) is 4.43. The minimum absolute atomic E-state index is 0.264. The fourth-order valence-corrected chi connectivity index (χ4v) is 2.70. The zero-order valence-electron chi connectivity index (χ0n) is 8.67. The molecule has 0 atom stereocenters. The van der Waals surface area contributed by atoms with Crippen LogP contribution >= 0.6 is 23.1 Å². The van der Waals surface area contributed by atoms with Crippen LogP contribution in [0.5, 0.6) is 0 Å². The van der Waals surface area contributed by atoms with Crippen molar-refractivity contribution >= 4 is 28.9 Å². The molecule has 0 radical (unpaired) electrons. The van der Waals surface area contributed by atoms with E-state index in [1.807, 2.05) is 13.8 Å². The van der Waals surface area contributed by atoms with Crippen molar-refractivity contribution < 1.29 is 5.21 Å². The van der Waals surface area contributed by atoms with Crippen LogP contribution in [-0.4, -0.2) is 27.0 Å². The monoisotopic (exact) mass is 246 g/mol. The summed E-state index contributed by atoms with van der Waals surface area (Å²) in [6.07, 6.45) is 0.827. The van der Waals surface area contributed by atoms with Crippen LogP contribution in [0.2, 0.25) is 0 Å². The number of thioether (sulfide) groups is 1. The Morgan fingerprint density at radius 3 is 3.00 bits per heavy atom. The van der Waals surface area contributed by atoms with Crippen LogP contribution in [0.3, 0.4) is 0 Å². The van der Waals surface area contributed by atoms with Gasteiger partial charge < -0.3 is 10.9 Å². The average Bonchev–Trinajstić information content (AvgIpc) is 2.69. The Labute approximate surface area is 96.8 Å². The molecule has 0 amide bonds. The zero-order chi connectivity index (χ0) is 11.3. The summed E-state index contributed by atoms with van der Waals surface area (Å²) in [5.74, 6) is 1.14. The van der Waals surface area contributed by atoms with E-state index in [0.717, 1.165) is 16.5 Å². The summed E-state index contributed by atoms with van der Waals surface area (Å²) in [5.41, 5.74) is 7.00. The van der Waals surface area contributed by atoms with Crippen LogP contribution in [0.25, 0.3) is 0 Å². The van der Waals surface area contributed by atoms with Crippen LogP contribution in [0.15, 0.2) is 15.0 Å². The predicted octanol–water partition coefficient (Wildman–Crippen LogP) is 1.79. The second-order valence-corrected chi connectivity index (χ2v) is 5.85. The summed E-state index contributed by atoms with van der Waals surface area (Å²) in [4.78, 5) is 0. The summed E-state index contributed by atoms with van der Waals surface area (Å²) >= 11 is 3.15. The molecule has 3 N–H and O–H groups in total. The lowest BCUT2D eigenvalue weighted by Gasteiger charge is -2.21. The highest BCUT2D eigenvalue weighted by atomic mass is 32.2. The first kappa shape index (κ1) is 12.3. The number of oxime groups is 1. The smallest absolute Gasteiger partial charge is 0.174 e. The molecule has 5 nitrogen and oxygen atoms in total. The highest BCUT2D eigenvalue weighted by Crippen LogP contribution is 2.27. The maximum Gasteiger partial charge on any atom is 0.174 e. The Kier molecular flexibility index (Phi) is 4.34. The third-order valence-electron chi connectivity index (χ3n) is 2.09. The van der Waals surface area contributed by atoms with Crippen molar-refractivity contribution in [3.05, 3.63) is 5.51 Å². The van der Waals surface area contributed by atoms with Crippen molar-refractivity contribution in [3.63, 3.8) is 0 Å². The van der Waals surface area contributed by atoms with Gasteiger partial charge in [0.25, 0.3) is 0 Å². The fraction of sp³-hybridized carbons (Fsp3) is 0.625. The van der Waals surface area contributed by atoms with Crippen LogP contribution < -0.4 is 5.73 Å². The first-order chi connectivity index (χ1) is 7.06. The molecular formula is C8H14N4OS2. The average molecular weight is 246 g/mol. The van der Waals surface area contributed by atoms with Gasteiger partial charge in [0.2, 0.25) is 0 Å². The molecule has 1 aromatic heterocycles. The van der Waals surface area contributed by atoms with Crippen LogP contribution in [0, 0.1) is 5.41 Å². The van der Waals surface area contributed by atoms with E-state index < -0.39 is 0 Å². The number of nitrogens with zero attached hydrogens (tertiary/aromatic N) is 3. The fourth-order valence-electron chi connectivity index (χ4n) is 0.883. The molecular weight excluding hydrogens is 232 g/mol. The Morgan fingerprint density at radius 1 is 1.73 bits per heavy atom. The molecule has 0 aliphatic carbocycles. The van der Waals surface area contributed by atoms with Crippen LogP contribution in [0.1, 0.15) is 20.3 Å². The molecule has 84 valence electrons. The number of rotatable bonds is 5. The van der Waals surface area contributed by atoms with E-state index in [1.54, 1.807) is 17.3 Å². The number of aromatic nitrogens is 2. The van der Waals surface area contributed by atoms with E-state index in [-0.39, 0.29) is 11.3 Å². The van der Waals surface area contributed by atoms with E-state index in [2.05, 4.69) is 15.4 Å². The molecule has 0 bridgehead atoms. The van der Waals surface area contributed by atoms with E-state index >= 15 is 0 Å². The van der Waals surface area contributed by atoms with Gasteiger partial charge in [0.15, 0.2) is 4.34 Å². The molecule has 15 heavy (non-hydrogen) atoms. The van der Waals surface area contributed by atoms with Crippen molar-refractivity contribution in [2.45, 2.75) is 24.6 Å². The van der Waals surface area contributed by atoms with Gasteiger partial charge in [-0.3, -0.25) is 0 Å². The Morgan fingerprint density at radius 2 is 2.47 bits per heavy atom. The summed E-state index contributed by atoms with van der Waals surface area (Å²) < 4.78 is 0.949. The standard InChI is InChI=1S/C8H14N4OS2/c1-8(2,6(9)12-13)3-4-14-7-11-10-5-15-7/h5,13H,3-4H2,1-2H3,(H2,9,12). The minimum atomic E-state index is -0.285. The van der Waals surface area contributed by atoms with Crippen molar-refractivity contribution in [2.24, 2.45) is 16.3 Å². The quantitative estimate of drug-likeness (QED) is 0.272. The Balaban J connectivity index is 2.37. The normalized spacial score (nSPS) is 13.1. The second kappa shape index (κ2) is 5.32. The molecule has 0 aliphatic heterocycles. The number of hydrogen-bond donors (Lipinski definition) is 2. The van der Waals surface area contributed by atoms with Crippen molar-refractivity contribution in [3.8, 4) is 0 Å². The Bertz CT molecular complexity index is 323. The number of nitrogens with two attached hydrogens (primary N) is 1. The number of hydrogen-bond acceptors (Lipinski definition) is 6. The van der Waals surface area contributed by atoms with Gasteiger partial charge >= 0.3 is 0 Å². The van der Waals surface area contributed by atoms with Crippen molar-refractivity contribution in [2.75, 3.05) is 5.75 Å². The van der Waals surface area contributed by atoms with E-state index in [9.17, 15) is 0 Å². The SMILES string of the molecule is CC(C)(CCSc1nncs1)C(N)=NO. The van der Waals surface area contributed by atoms with Gasteiger partial charge in [-0.15, -0.1) is 10.2 Å². The van der Waals surface area contributed by atoms with E-state index in [1.165, 1.54) is 11.3 Å². The third kappa shape index (κ3) is 3.67. The van der Waals surface area contributed by atoms with Crippen LogP contribution in [-0.2, 0) is 0 Å². The maximum absolute atomic E-state index is 8.59. The molecule has 0 unspecified atom stereocenters. The van der Waals surface area contributed by atoms with Gasteiger partial charge in [0.05, 0.1) is 0 Å². The summed E-state index contributed by atoms with van der Waals surface area (Å²) in [7, 11) is 0. The van der Waals surface area contributed by atoms with Gasteiger partial charge in [0, 0.05) is 11.2 Å². The van der Waals surface area contributed by atoms with Crippen molar-refractivity contribution in [1.82, 2.24) is 10.2 Å². The van der Waals surface area contributed by atoms with Gasteiger partial charge in [-0.25, -0.2) is 0 Å². The van der Waals surface area contributed by atoms with Gasteiger partial charge in [-0.2, -0.15) is 0 Å². The second-order valence-electron chi connectivity index (χ2n) is 3.67. The minimum Gasteiger partial charge on any atom is -0.409 e. The van der Waals surface area contributed by atoms with Gasteiger partial charge in [-0.05, 0) is 6.42 Å².